The van der Waals surface area contributed by atoms with E-state index in [9.17, 15) is 14.9 Å². The van der Waals surface area contributed by atoms with Gasteiger partial charge in [0.2, 0.25) is 5.78 Å². The summed E-state index contributed by atoms with van der Waals surface area (Å²) in [7, 11) is 0. The molecule has 0 heterocycles. The number of nitrogens with one attached hydrogen (secondary N) is 1. The number of hydrogen-bond acceptors (Lipinski definition) is 5. The van der Waals surface area contributed by atoms with Gasteiger partial charge in [-0.25, -0.2) is 0 Å². The number of aliphatic carboxylic acids is 1. The van der Waals surface area contributed by atoms with E-state index >= 15 is 0 Å². The number of rotatable bonds is 4. The summed E-state index contributed by atoms with van der Waals surface area (Å²) in [4.78, 5) is 31.2. The standard InChI is InChI=1S/C15H12N2O3.C2H4O2/c1-10(16)15(18)12-8-6-11(7-9-12)13-4-2-3-5-14(13)17(19)20;1-2(3)4/h2-9,16H,1H3;1H3,(H,3,4). The van der Waals surface area contributed by atoms with Crippen molar-refractivity contribution >= 4 is 23.2 Å². The minimum absolute atomic E-state index is 0.0230. The van der Waals surface area contributed by atoms with E-state index in [1.54, 1.807) is 42.5 Å². The Labute approximate surface area is 138 Å². The summed E-state index contributed by atoms with van der Waals surface area (Å²) in [6.45, 7) is 2.51. The largest absolute Gasteiger partial charge is 0.481 e. The van der Waals surface area contributed by atoms with Gasteiger partial charge in [-0.1, -0.05) is 36.4 Å². The van der Waals surface area contributed by atoms with Crippen LogP contribution >= 0.6 is 0 Å². The lowest BCUT2D eigenvalue weighted by molar-refractivity contribution is -0.384. The highest BCUT2D eigenvalue weighted by Gasteiger charge is 2.14. The summed E-state index contributed by atoms with van der Waals surface area (Å²) >= 11 is 0. The number of carboxylic acids is 1. The average molecular weight is 328 g/mol. The van der Waals surface area contributed by atoms with Crippen LogP contribution in [0.2, 0.25) is 0 Å². The monoisotopic (exact) mass is 328 g/mol. The fourth-order valence-electron chi connectivity index (χ4n) is 1.89. The third-order valence-electron chi connectivity index (χ3n) is 2.90. The molecule has 2 aromatic rings. The molecule has 0 spiro atoms. The summed E-state index contributed by atoms with van der Waals surface area (Å²) in [6, 6.07) is 12.9. The van der Waals surface area contributed by atoms with Crippen molar-refractivity contribution in [2.75, 3.05) is 0 Å². The lowest BCUT2D eigenvalue weighted by Crippen LogP contribution is -2.08. The SMILES string of the molecule is CC(=N)C(=O)c1ccc(-c2ccccc2[N+](=O)[O-])cc1.CC(=O)O. The minimum atomic E-state index is -0.833. The normalized spacial score (nSPS) is 9.42. The van der Waals surface area contributed by atoms with Crippen LogP contribution in [0.1, 0.15) is 24.2 Å². The van der Waals surface area contributed by atoms with Gasteiger partial charge in [-0.05, 0) is 18.6 Å². The van der Waals surface area contributed by atoms with Gasteiger partial charge in [-0.15, -0.1) is 0 Å². The maximum atomic E-state index is 11.6. The molecule has 0 radical (unpaired) electrons. The number of para-hydroxylation sites is 1. The van der Waals surface area contributed by atoms with E-state index in [1.165, 1.54) is 13.0 Å². The molecular formula is C17H16N2O5. The molecule has 2 rings (SSSR count). The van der Waals surface area contributed by atoms with Gasteiger partial charge in [-0.3, -0.25) is 19.7 Å². The first-order valence-corrected chi connectivity index (χ1v) is 6.87. The number of nitrogens with zero attached hydrogens (tertiary/aromatic N) is 1. The molecule has 0 bridgehead atoms. The maximum absolute atomic E-state index is 11.6. The first-order chi connectivity index (χ1) is 11.2. The molecule has 0 unspecified atom stereocenters. The number of nitro benzene ring substituents is 1. The van der Waals surface area contributed by atoms with Crippen molar-refractivity contribution in [2.24, 2.45) is 0 Å². The number of hydrogen-bond donors (Lipinski definition) is 2. The van der Waals surface area contributed by atoms with Crippen molar-refractivity contribution < 1.29 is 19.6 Å². The third-order valence-corrected chi connectivity index (χ3v) is 2.90. The van der Waals surface area contributed by atoms with Crippen LogP contribution in [0.25, 0.3) is 11.1 Å². The van der Waals surface area contributed by atoms with Gasteiger partial charge in [-0.2, -0.15) is 0 Å². The number of carbonyl (C=O) groups is 2. The smallest absolute Gasteiger partial charge is 0.300 e. The highest BCUT2D eigenvalue weighted by Crippen LogP contribution is 2.29. The molecule has 0 aliphatic heterocycles. The van der Waals surface area contributed by atoms with Crippen LogP contribution < -0.4 is 0 Å². The molecule has 7 heteroatoms. The Bertz CT molecular complexity index is 778. The van der Waals surface area contributed by atoms with Gasteiger partial charge in [0.15, 0.2) is 0 Å². The number of carboxylic acid groups (broad SMARTS) is 1. The molecule has 0 saturated carbocycles. The number of nitro groups is 1. The predicted molar refractivity (Wildman–Crippen MR) is 89.6 cm³/mol. The highest BCUT2D eigenvalue weighted by molar-refractivity contribution is 6.44. The summed E-state index contributed by atoms with van der Waals surface area (Å²) in [6.07, 6.45) is 0. The number of Topliss-reactive ketones (excluding diaryl/α,β-unsaturated/α-hetero) is 1. The van der Waals surface area contributed by atoms with Crippen molar-refractivity contribution in [2.45, 2.75) is 13.8 Å². The lowest BCUT2D eigenvalue weighted by atomic mass is 10.00. The van der Waals surface area contributed by atoms with E-state index in [0.717, 1.165) is 6.92 Å². The topological polar surface area (TPSA) is 121 Å². The molecule has 0 aromatic heterocycles. The molecule has 0 atom stereocenters. The molecule has 0 aliphatic carbocycles. The van der Waals surface area contributed by atoms with E-state index < -0.39 is 10.9 Å². The predicted octanol–water partition coefficient (Wildman–Crippen LogP) is 3.58. The second-order valence-corrected chi connectivity index (χ2v) is 4.82. The third kappa shape index (κ3) is 5.13. The Kier molecular flexibility index (Phi) is 6.49. The molecule has 7 nitrogen and oxygen atoms in total. The summed E-state index contributed by atoms with van der Waals surface area (Å²) < 4.78 is 0. The van der Waals surface area contributed by atoms with Crippen LogP contribution in [-0.2, 0) is 4.79 Å². The van der Waals surface area contributed by atoms with Crippen LogP contribution in [0, 0.1) is 15.5 Å². The van der Waals surface area contributed by atoms with Crippen LogP contribution in [0.3, 0.4) is 0 Å². The van der Waals surface area contributed by atoms with Crippen molar-refractivity contribution in [3.05, 3.63) is 64.2 Å². The van der Waals surface area contributed by atoms with Crippen LogP contribution in [0.15, 0.2) is 48.5 Å². The molecule has 24 heavy (non-hydrogen) atoms. The van der Waals surface area contributed by atoms with Crippen LogP contribution in [0.4, 0.5) is 5.69 Å². The van der Waals surface area contributed by atoms with Crippen molar-refractivity contribution in [3.63, 3.8) is 0 Å². The van der Waals surface area contributed by atoms with E-state index in [-0.39, 0.29) is 17.2 Å². The van der Waals surface area contributed by atoms with E-state index in [2.05, 4.69) is 0 Å². The Hall–Kier alpha value is -3.35. The fourth-order valence-corrected chi connectivity index (χ4v) is 1.89. The Morgan fingerprint density at radius 3 is 2.00 bits per heavy atom. The van der Waals surface area contributed by atoms with Crippen LogP contribution in [0.5, 0.6) is 0 Å². The van der Waals surface area contributed by atoms with Gasteiger partial charge in [0.1, 0.15) is 0 Å². The molecule has 2 N–H and O–H groups in total. The summed E-state index contributed by atoms with van der Waals surface area (Å²) in [5.74, 6) is -1.18. The molecule has 2 aromatic carbocycles. The van der Waals surface area contributed by atoms with Crippen LogP contribution in [-0.4, -0.2) is 27.5 Å². The Morgan fingerprint density at radius 2 is 1.54 bits per heavy atom. The van der Waals surface area contributed by atoms with Gasteiger partial charge >= 0.3 is 0 Å². The van der Waals surface area contributed by atoms with E-state index in [1.807, 2.05) is 0 Å². The summed E-state index contributed by atoms with van der Waals surface area (Å²) in [5.41, 5.74) is 1.55. The van der Waals surface area contributed by atoms with Crippen molar-refractivity contribution in [1.29, 1.82) is 5.41 Å². The molecule has 0 amide bonds. The highest BCUT2D eigenvalue weighted by atomic mass is 16.6. The number of ketones is 1. The molecule has 0 aliphatic rings. The zero-order chi connectivity index (χ0) is 18.3. The van der Waals surface area contributed by atoms with Gasteiger partial charge in [0, 0.05) is 18.6 Å². The van der Waals surface area contributed by atoms with Gasteiger partial charge < -0.3 is 10.5 Å². The average Bonchev–Trinajstić information content (AvgIpc) is 2.53. The second-order valence-electron chi connectivity index (χ2n) is 4.82. The second kappa shape index (κ2) is 8.33. The Balaban J connectivity index is 0.000000648. The van der Waals surface area contributed by atoms with Gasteiger partial charge in [0.25, 0.3) is 11.7 Å². The first kappa shape index (κ1) is 18.7. The quantitative estimate of drug-likeness (QED) is 0.384. The minimum Gasteiger partial charge on any atom is -0.481 e. The molecule has 0 saturated heterocycles. The van der Waals surface area contributed by atoms with E-state index in [4.69, 9.17) is 15.3 Å². The summed E-state index contributed by atoms with van der Waals surface area (Å²) in [5, 5.41) is 25.7. The fraction of sp³-hybridized carbons (Fsp3) is 0.118. The van der Waals surface area contributed by atoms with Crippen molar-refractivity contribution in [3.8, 4) is 11.1 Å². The molecule has 124 valence electrons. The molecule has 0 fully saturated rings. The van der Waals surface area contributed by atoms with Crippen molar-refractivity contribution in [1.82, 2.24) is 0 Å². The van der Waals surface area contributed by atoms with E-state index in [0.29, 0.717) is 16.7 Å². The number of carbonyl (C=O) groups excluding carboxylic acids is 1. The number of benzene rings is 2. The lowest BCUT2D eigenvalue weighted by Gasteiger charge is -2.04. The molecular weight excluding hydrogens is 312 g/mol. The zero-order valence-electron chi connectivity index (χ0n) is 13.1. The van der Waals surface area contributed by atoms with Gasteiger partial charge in [0.05, 0.1) is 16.2 Å². The maximum Gasteiger partial charge on any atom is 0.300 e. The zero-order valence-corrected chi connectivity index (χ0v) is 13.1. The Morgan fingerprint density at radius 1 is 1.04 bits per heavy atom. The first-order valence-electron chi connectivity index (χ1n) is 6.87.